The van der Waals surface area contributed by atoms with Crippen molar-refractivity contribution >= 4 is 67.6 Å². The van der Waals surface area contributed by atoms with Gasteiger partial charge in [0, 0.05) is 38.9 Å². The fourth-order valence-corrected chi connectivity index (χ4v) is 3.60. The van der Waals surface area contributed by atoms with Crippen LogP contribution in [0.25, 0.3) is 0 Å². The van der Waals surface area contributed by atoms with Crippen molar-refractivity contribution in [2.45, 2.75) is 0 Å². The number of nitrogens with one attached hydrogen (secondary N) is 1. The van der Waals surface area contributed by atoms with Crippen LogP contribution < -0.4 is 29.2 Å². The zero-order valence-corrected chi connectivity index (χ0v) is 19.6. The van der Waals surface area contributed by atoms with Crippen molar-refractivity contribution in [3.05, 3.63) is 48.5 Å². The number of fused-ring (bicyclic) bond motifs is 2. The predicted molar refractivity (Wildman–Crippen MR) is 129 cm³/mol. The molecule has 4 rings (SSSR count). The Labute approximate surface area is 180 Å². The summed E-state index contributed by atoms with van der Waals surface area (Å²) in [5.41, 5.74) is 10.9. The quantitative estimate of drug-likeness (QED) is 0.433. The summed E-state index contributed by atoms with van der Waals surface area (Å²) in [6.45, 7) is 0. The highest BCUT2D eigenvalue weighted by Crippen LogP contribution is 2.37. The Morgan fingerprint density at radius 1 is 0.741 bits per heavy atom. The predicted octanol–water partition coefficient (Wildman–Crippen LogP) is 2.98. The first kappa shape index (κ1) is 21.9. The first-order valence-corrected chi connectivity index (χ1v) is 10.3. The topological polar surface area (TPSA) is 51.0 Å². The van der Waals surface area contributed by atoms with Crippen LogP contribution in [-0.2, 0) is 0 Å². The standard InChI is InChI=1S/C8H10BBrN2.C8H12BN3.CH4BrN/c2*1-11-7-5-3-4-6-8(7)12(2)9(11)10;1-3-2/h3-6H,1-2H3;3-6H,10H2,1-2H3;3H,1H3. The summed E-state index contributed by atoms with van der Waals surface area (Å²) in [5.74, 6) is 0.287. The van der Waals surface area contributed by atoms with E-state index in [1.165, 1.54) is 22.7 Å². The van der Waals surface area contributed by atoms with E-state index >= 15 is 0 Å². The van der Waals surface area contributed by atoms with Crippen LogP contribution in [0.15, 0.2) is 48.5 Å². The molecule has 0 saturated carbocycles. The molecular weight excluding hydrogens is 470 g/mol. The number of hydrogen-bond acceptors (Lipinski definition) is 6. The van der Waals surface area contributed by atoms with Crippen molar-refractivity contribution in [2.75, 3.05) is 54.5 Å². The average Bonchev–Trinajstić information content (AvgIpc) is 3.04. The molecule has 27 heavy (non-hydrogen) atoms. The van der Waals surface area contributed by atoms with Crippen molar-refractivity contribution < 1.29 is 0 Å². The Morgan fingerprint density at radius 3 is 1.30 bits per heavy atom. The smallest absolute Gasteiger partial charge is 0.387 e. The highest BCUT2D eigenvalue weighted by molar-refractivity contribution is 9.24. The molecule has 3 N–H and O–H groups in total. The molecule has 0 bridgehead atoms. The highest BCUT2D eigenvalue weighted by atomic mass is 79.9. The number of anilines is 4. The van der Waals surface area contributed by atoms with E-state index in [1.807, 2.05) is 26.2 Å². The van der Waals surface area contributed by atoms with Crippen molar-refractivity contribution in [1.29, 1.82) is 0 Å². The van der Waals surface area contributed by atoms with Crippen LogP contribution in [0.2, 0.25) is 0 Å². The first-order valence-electron chi connectivity index (χ1n) is 8.61. The largest absolute Gasteiger partial charge is 0.464 e. The van der Waals surface area contributed by atoms with Gasteiger partial charge in [-0.2, -0.15) is 0 Å². The highest BCUT2D eigenvalue weighted by Gasteiger charge is 2.33. The zero-order chi connectivity index (χ0) is 20.1. The molecule has 0 spiro atoms. The first-order chi connectivity index (χ1) is 12.8. The number of para-hydroxylation sites is 4. The Morgan fingerprint density at radius 2 is 1.00 bits per heavy atom. The fourth-order valence-electron chi connectivity index (χ4n) is 3.16. The van der Waals surface area contributed by atoms with Crippen molar-refractivity contribution in [1.82, 2.24) is 4.34 Å². The molecule has 0 fully saturated rings. The zero-order valence-electron chi connectivity index (χ0n) is 16.4. The normalized spacial score (nSPS) is 14.4. The third-order valence-electron chi connectivity index (χ3n) is 4.72. The molecule has 0 aliphatic carbocycles. The Hall–Kier alpha value is -1.35. The lowest BCUT2D eigenvalue weighted by molar-refractivity contribution is 1.27. The summed E-state index contributed by atoms with van der Waals surface area (Å²) < 4.78 is 2.56. The number of hydrogen-bond donors (Lipinski definition) is 2. The number of nitrogens with zero attached hydrogens (tertiary/aromatic N) is 4. The van der Waals surface area contributed by atoms with Gasteiger partial charge < -0.3 is 24.9 Å². The van der Waals surface area contributed by atoms with Gasteiger partial charge in [-0.15, -0.1) is 0 Å². The van der Waals surface area contributed by atoms with E-state index in [1.54, 1.807) is 7.05 Å². The maximum Gasteiger partial charge on any atom is 0.464 e. The van der Waals surface area contributed by atoms with E-state index in [2.05, 4.69) is 106 Å². The van der Waals surface area contributed by atoms with Gasteiger partial charge in [-0.3, -0.25) is 4.34 Å². The molecule has 2 heterocycles. The van der Waals surface area contributed by atoms with Crippen LogP contribution in [0, 0.1) is 0 Å². The second-order valence-electron chi connectivity index (χ2n) is 6.33. The molecule has 0 saturated heterocycles. The second kappa shape index (κ2) is 9.73. The molecule has 0 amide bonds. The van der Waals surface area contributed by atoms with Gasteiger partial charge in [0.1, 0.15) is 0 Å². The van der Waals surface area contributed by atoms with Crippen LogP contribution in [0.1, 0.15) is 0 Å². The summed E-state index contributed by atoms with van der Waals surface area (Å²) in [5, 5.41) is 0. The Bertz CT molecular complexity index is 633. The van der Waals surface area contributed by atoms with Gasteiger partial charge in [0.25, 0.3) is 0 Å². The summed E-state index contributed by atoms with van der Waals surface area (Å²) in [6.07, 6.45) is 0. The van der Waals surface area contributed by atoms with E-state index in [0.717, 1.165) is 0 Å². The van der Waals surface area contributed by atoms with Gasteiger partial charge in [-0.05, 0) is 59.5 Å². The minimum Gasteiger partial charge on any atom is -0.387 e. The van der Waals surface area contributed by atoms with Crippen molar-refractivity contribution in [3.63, 3.8) is 0 Å². The summed E-state index contributed by atoms with van der Waals surface area (Å²) in [6, 6.07) is 16.6. The molecule has 10 heteroatoms. The molecule has 0 aromatic heterocycles. The summed E-state index contributed by atoms with van der Waals surface area (Å²) >= 11 is 6.50. The van der Waals surface area contributed by atoms with E-state index in [-0.39, 0.29) is 12.9 Å². The monoisotopic (exact) mass is 494 g/mol. The third-order valence-corrected chi connectivity index (χ3v) is 5.94. The van der Waals surface area contributed by atoms with Crippen LogP contribution in [0.4, 0.5) is 22.7 Å². The van der Waals surface area contributed by atoms with Gasteiger partial charge in [0.05, 0.1) is 0 Å². The van der Waals surface area contributed by atoms with E-state index in [4.69, 9.17) is 5.64 Å². The minimum absolute atomic E-state index is 0.0256. The fraction of sp³-hybridized carbons (Fsp3) is 0.294. The molecule has 0 atom stereocenters. The van der Waals surface area contributed by atoms with Crippen molar-refractivity contribution in [2.24, 2.45) is 5.64 Å². The van der Waals surface area contributed by atoms with E-state index in [0.29, 0.717) is 0 Å². The molecule has 2 aliphatic rings. The molecule has 0 radical (unpaired) electrons. The molecule has 2 aromatic rings. The molecule has 144 valence electrons. The lowest BCUT2D eigenvalue weighted by atomic mass is 9.94. The van der Waals surface area contributed by atoms with Gasteiger partial charge in [-0.25, -0.2) is 0 Å². The molecule has 2 aliphatic heterocycles. The van der Waals surface area contributed by atoms with Crippen molar-refractivity contribution in [3.8, 4) is 0 Å². The number of nitrogens with two attached hydrogens (primary N) is 1. The third kappa shape index (κ3) is 4.56. The number of rotatable bonds is 0. The number of halogens is 2. The van der Waals surface area contributed by atoms with Crippen LogP contribution in [-0.4, -0.2) is 48.2 Å². The van der Waals surface area contributed by atoms with Gasteiger partial charge in [0.15, 0.2) is 0 Å². The summed E-state index contributed by atoms with van der Waals surface area (Å²) in [7, 11) is 9.95. The Balaban J connectivity index is 0.000000170. The van der Waals surface area contributed by atoms with Gasteiger partial charge in [-0.1, -0.05) is 40.0 Å². The van der Waals surface area contributed by atoms with Gasteiger partial charge in [0.2, 0.25) is 0 Å². The lowest BCUT2D eigenvalue weighted by Crippen LogP contribution is -2.52. The molecular formula is C17H26B2Br2N6. The molecule has 0 unspecified atom stereocenters. The maximum atomic E-state index is 5.92. The lowest BCUT2D eigenvalue weighted by Gasteiger charge is -2.17. The van der Waals surface area contributed by atoms with Crippen LogP contribution in [0.5, 0.6) is 0 Å². The number of benzene rings is 2. The SMILES string of the molecule is CN1B(Br)N(C)c2ccccc21.CN1B(N)N(C)c2ccccc21.CNBr. The van der Waals surface area contributed by atoms with E-state index < -0.39 is 0 Å². The summed E-state index contributed by atoms with van der Waals surface area (Å²) in [4.78, 5) is 8.54. The Kier molecular flexibility index (Phi) is 7.91. The molecule has 2 aromatic carbocycles. The second-order valence-corrected chi connectivity index (χ2v) is 7.95. The average molecular weight is 496 g/mol. The van der Waals surface area contributed by atoms with Gasteiger partial charge >= 0.3 is 12.9 Å². The maximum absolute atomic E-state index is 5.92. The molecule has 6 nitrogen and oxygen atoms in total. The van der Waals surface area contributed by atoms with Crippen LogP contribution in [0.3, 0.4) is 0 Å². The van der Waals surface area contributed by atoms with E-state index in [9.17, 15) is 0 Å². The minimum atomic E-state index is -0.0256. The van der Waals surface area contributed by atoms with Crippen LogP contribution >= 0.6 is 31.9 Å².